The third-order valence-electron chi connectivity index (χ3n) is 6.80. The van der Waals surface area contributed by atoms with Crippen LogP contribution in [0.25, 0.3) is 0 Å². The molecule has 0 spiro atoms. The summed E-state index contributed by atoms with van der Waals surface area (Å²) in [7, 11) is 0. The van der Waals surface area contributed by atoms with E-state index in [1.165, 1.54) is 0 Å². The number of fused-ring (bicyclic) bond motifs is 2. The first kappa shape index (κ1) is 22.0. The zero-order chi connectivity index (χ0) is 23.8. The average molecular weight is 459 g/mol. The summed E-state index contributed by atoms with van der Waals surface area (Å²) in [6.07, 6.45) is 3.38. The molecule has 0 fully saturated rings. The monoisotopic (exact) mass is 458 g/mol. The Morgan fingerprint density at radius 3 is 2.88 bits per heavy atom. The van der Waals surface area contributed by atoms with Crippen molar-refractivity contribution in [3.05, 3.63) is 81.5 Å². The topological polar surface area (TPSA) is 105 Å². The number of pyridine rings is 1. The van der Waals surface area contributed by atoms with Crippen molar-refractivity contribution in [2.24, 2.45) is 0 Å². The lowest BCUT2D eigenvalue weighted by atomic mass is 9.93. The molecule has 5 rings (SSSR count). The number of aryl methyl sites for hydroxylation is 2. The van der Waals surface area contributed by atoms with E-state index in [9.17, 15) is 14.4 Å². The molecular weight excluding hydrogens is 432 g/mol. The van der Waals surface area contributed by atoms with Crippen LogP contribution in [-0.4, -0.2) is 39.2 Å². The number of aromatic nitrogens is 2. The molecule has 1 N–H and O–H groups in total. The molecule has 0 saturated heterocycles. The van der Waals surface area contributed by atoms with Crippen molar-refractivity contribution in [1.29, 1.82) is 0 Å². The molecule has 1 aromatic carbocycles. The zero-order valence-corrected chi connectivity index (χ0v) is 19.3. The van der Waals surface area contributed by atoms with Crippen LogP contribution in [0.5, 0.6) is 0 Å². The number of rotatable bonds is 5. The quantitative estimate of drug-likeness (QED) is 0.630. The molecule has 1 aliphatic heterocycles. The second-order valence-electron chi connectivity index (χ2n) is 8.82. The van der Waals surface area contributed by atoms with Crippen LogP contribution in [0.1, 0.15) is 73.8 Å². The molecule has 2 aliphatic rings. The average Bonchev–Trinajstić information content (AvgIpc) is 3.48. The van der Waals surface area contributed by atoms with Crippen LogP contribution in [-0.2, 0) is 30.7 Å². The number of Topliss-reactive ketones (excluding diaryl/α,β-unsaturated/α-hetero) is 1. The molecule has 8 nitrogen and oxygen atoms in total. The van der Waals surface area contributed by atoms with Crippen LogP contribution in [0.15, 0.2) is 41.1 Å². The van der Waals surface area contributed by atoms with Gasteiger partial charge in [-0.2, -0.15) is 0 Å². The van der Waals surface area contributed by atoms with Crippen LogP contribution >= 0.6 is 0 Å². The van der Waals surface area contributed by atoms with E-state index in [0.29, 0.717) is 43.8 Å². The van der Waals surface area contributed by atoms with E-state index >= 15 is 0 Å². The highest BCUT2D eigenvalue weighted by Gasteiger charge is 2.37. The van der Waals surface area contributed by atoms with Crippen molar-refractivity contribution < 1.29 is 18.9 Å². The second kappa shape index (κ2) is 8.85. The first-order valence-corrected chi connectivity index (χ1v) is 11.6. The number of hydrogen-bond donors (Lipinski definition) is 1. The molecule has 2 amide bonds. The Hall–Kier alpha value is -3.81. The molecule has 1 unspecified atom stereocenters. The minimum absolute atomic E-state index is 0.0165. The van der Waals surface area contributed by atoms with Crippen molar-refractivity contribution in [3.8, 4) is 0 Å². The summed E-state index contributed by atoms with van der Waals surface area (Å²) < 4.78 is 5.12. The molecule has 34 heavy (non-hydrogen) atoms. The molecular formula is C26H26N4O4. The smallest absolute Gasteiger partial charge is 0.273 e. The molecule has 3 heterocycles. The molecule has 2 aromatic heterocycles. The van der Waals surface area contributed by atoms with Crippen molar-refractivity contribution in [2.45, 2.75) is 52.1 Å². The van der Waals surface area contributed by atoms with Gasteiger partial charge in [0.1, 0.15) is 5.76 Å². The fraction of sp³-hybridized carbons (Fsp3) is 0.346. The van der Waals surface area contributed by atoms with Gasteiger partial charge in [-0.05, 0) is 35.6 Å². The largest absolute Gasteiger partial charge is 0.361 e. The molecule has 1 atom stereocenters. The lowest BCUT2D eigenvalue weighted by Gasteiger charge is -2.32. The molecule has 0 saturated carbocycles. The lowest BCUT2D eigenvalue weighted by molar-refractivity contribution is -0.133. The van der Waals surface area contributed by atoms with Gasteiger partial charge in [-0.3, -0.25) is 19.4 Å². The van der Waals surface area contributed by atoms with E-state index in [4.69, 9.17) is 4.52 Å². The molecule has 1 aliphatic carbocycles. The molecule has 0 bridgehead atoms. The van der Waals surface area contributed by atoms with Crippen molar-refractivity contribution in [2.75, 3.05) is 6.54 Å². The minimum atomic E-state index is -0.419. The van der Waals surface area contributed by atoms with E-state index in [0.717, 1.165) is 27.9 Å². The third kappa shape index (κ3) is 3.89. The third-order valence-corrected chi connectivity index (χ3v) is 6.80. The fourth-order valence-corrected chi connectivity index (χ4v) is 4.89. The van der Waals surface area contributed by atoms with Gasteiger partial charge in [0.15, 0.2) is 11.5 Å². The zero-order valence-electron chi connectivity index (χ0n) is 19.3. The molecule has 0 radical (unpaired) electrons. The summed E-state index contributed by atoms with van der Waals surface area (Å²) in [5.74, 6) is -0.0380. The van der Waals surface area contributed by atoms with Crippen LogP contribution in [0.2, 0.25) is 0 Å². The van der Waals surface area contributed by atoms with Crippen LogP contribution in [0.4, 0.5) is 0 Å². The Kier molecular flexibility index (Phi) is 5.73. The summed E-state index contributed by atoms with van der Waals surface area (Å²) in [6, 6.07) is 9.03. The van der Waals surface area contributed by atoms with Gasteiger partial charge in [0, 0.05) is 56.0 Å². The molecule has 8 heteroatoms. The number of carbonyl (C=O) groups excluding carboxylic acids is 3. The van der Waals surface area contributed by atoms with E-state index in [1.54, 1.807) is 12.1 Å². The van der Waals surface area contributed by atoms with Crippen LogP contribution < -0.4 is 5.32 Å². The van der Waals surface area contributed by atoms with E-state index in [1.807, 2.05) is 43.1 Å². The second-order valence-corrected chi connectivity index (χ2v) is 8.82. The number of amides is 2. The first-order chi connectivity index (χ1) is 16.5. The summed E-state index contributed by atoms with van der Waals surface area (Å²) >= 11 is 0. The molecule has 3 aromatic rings. The Labute approximate surface area is 197 Å². The summed E-state index contributed by atoms with van der Waals surface area (Å²) in [4.78, 5) is 44.6. The minimum Gasteiger partial charge on any atom is -0.361 e. The van der Waals surface area contributed by atoms with Gasteiger partial charge >= 0.3 is 0 Å². The van der Waals surface area contributed by atoms with E-state index in [2.05, 4.69) is 15.5 Å². The summed E-state index contributed by atoms with van der Waals surface area (Å²) in [5.41, 5.74) is 5.66. The van der Waals surface area contributed by atoms with E-state index < -0.39 is 5.92 Å². The number of carbonyl (C=O) groups is 3. The van der Waals surface area contributed by atoms with Crippen molar-refractivity contribution in [3.63, 3.8) is 0 Å². The van der Waals surface area contributed by atoms with Gasteiger partial charge in [0.05, 0.1) is 5.92 Å². The first-order valence-electron chi connectivity index (χ1n) is 11.6. The number of nitrogens with one attached hydrogen (secondary N) is 1. The maximum absolute atomic E-state index is 13.3. The maximum atomic E-state index is 13.3. The van der Waals surface area contributed by atoms with Gasteiger partial charge in [-0.25, -0.2) is 0 Å². The number of ketones is 1. The number of benzene rings is 1. The SMILES string of the molecule is CCc1cc(C(=O)NCc2c(C)ncc3c2CCN(C(=O)C2CC(=O)c4ccccc42)C3)no1. The highest BCUT2D eigenvalue weighted by molar-refractivity contribution is 6.06. The highest BCUT2D eigenvalue weighted by Crippen LogP contribution is 2.35. The summed E-state index contributed by atoms with van der Waals surface area (Å²) in [5, 5.41) is 6.75. The Morgan fingerprint density at radius 1 is 1.26 bits per heavy atom. The van der Waals surface area contributed by atoms with Crippen LogP contribution in [0, 0.1) is 6.92 Å². The van der Waals surface area contributed by atoms with Gasteiger partial charge in [0.2, 0.25) is 5.91 Å². The standard InChI is InChI=1S/C26H26N4O4/c1-3-17-10-23(29-34-17)25(32)28-13-22-15(2)27-12-16-14-30(9-8-18(16)22)26(33)21-11-24(31)20-7-5-4-6-19(20)21/h4-7,10,12,21H,3,8-9,11,13-14H2,1-2H3,(H,28,32). The maximum Gasteiger partial charge on any atom is 0.273 e. The fourth-order valence-electron chi connectivity index (χ4n) is 4.89. The molecule has 174 valence electrons. The number of hydrogen-bond acceptors (Lipinski definition) is 6. The Balaban J connectivity index is 1.31. The normalized spacial score (nSPS) is 16.8. The predicted octanol–water partition coefficient (Wildman–Crippen LogP) is 3.13. The Bertz CT molecular complexity index is 1300. The number of nitrogens with zero attached hydrogens (tertiary/aromatic N) is 3. The predicted molar refractivity (Wildman–Crippen MR) is 123 cm³/mol. The van der Waals surface area contributed by atoms with Crippen molar-refractivity contribution in [1.82, 2.24) is 20.4 Å². The Morgan fingerprint density at radius 2 is 2.09 bits per heavy atom. The van der Waals surface area contributed by atoms with Gasteiger partial charge < -0.3 is 14.7 Å². The van der Waals surface area contributed by atoms with Gasteiger partial charge in [-0.1, -0.05) is 36.3 Å². The highest BCUT2D eigenvalue weighted by atomic mass is 16.5. The summed E-state index contributed by atoms with van der Waals surface area (Å²) in [6.45, 7) is 5.19. The van der Waals surface area contributed by atoms with Gasteiger partial charge in [-0.15, -0.1) is 0 Å². The van der Waals surface area contributed by atoms with Crippen molar-refractivity contribution >= 4 is 17.6 Å². The van der Waals surface area contributed by atoms with Gasteiger partial charge in [0.25, 0.3) is 5.91 Å². The lowest BCUT2D eigenvalue weighted by Crippen LogP contribution is -2.39. The van der Waals surface area contributed by atoms with E-state index in [-0.39, 0.29) is 29.7 Å². The van der Waals surface area contributed by atoms with Crippen LogP contribution in [0.3, 0.4) is 0 Å².